The highest BCUT2D eigenvalue weighted by molar-refractivity contribution is 5.79. The quantitative estimate of drug-likeness (QED) is 0.660. The Labute approximate surface area is 175 Å². The average molecular weight is 410 g/mol. The van der Waals surface area contributed by atoms with Crippen molar-refractivity contribution in [3.05, 3.63) is 51.6 Å². The minimum atomic E-state index is -0.184. The Balaban J connectivity index is 1.59. The van der Waals surface area contributed by atoms with Crippen LogP contribution in [0.3, 0.4) is 0 Å². The second kappa shape index (κ2) is 8.28. The van der Waals surface area contributed by atoms with E-state index < -0.39 is 0 Å². The van der Waals surface area contributed by atoms with Crippen LogP contribution in [0.4, 0.5) is 0 Å². The Hall–Kier alpha value is -2.58. The number of tetrazole rings is 1. The number of likely N-dealkylation sites (tertiary alicyclic amines) is 1. The van der Waals surface area contributed by atoms with E-state index in [-0.39, 0.29) is 17.7 Å². The summed E-state index contributed by atoms with van der Waals surface area (Å²) in [5, 5.41) is 13.7. The van der Waals surface area contributed by atoms with Gasteiger partial charge in [-0.25, -0.2) is 4.68 Å². The molecule has 2 aliphatic rings. The first-order valence-corrected chi connectivity index (χ1v) is 11.0. The number of hydrogen-bond acceptors (Lipinski definition) is 5. The zero-order chi connectivity index (χ0) is 20.5. The van der Waals surface area contributed by atoms with Gasteiger partial charge in [0.05, 0.1) is 31.3 Å². The molecule has 0 spiro atoms. The van der Waals surface area contributed by atoms with Crippen LogP contribution in [-0.4, -0.2) is 51.0 Å². The third kappa shape index (κ3) is 3.77. The second-order valence-corrected chi connectivity index (χ2v) is 8.65. The van der Waals surface area contributed by atoms with E-state index in [1.807, 2.05) is 23.7 Å². The largest absolute Gasteiger partial charge is 0.376 e. The van der Waals surface area contributed by atoms with Crippen LogP contribution in [0.2, 0.25) is 0 Å². The predicted molar refractivity (Wildman–Crippen MR) is 112 cm³/mol. The third-order valence-corrected chi connectivity index (χ3v) is 6.46. The summed E-state index contributed by atoms with van der Waals surface area (Å²) in [6.45, 7) is 5.50. The van der Waals surface area contributed by atoms with E-state index in [0.29, 0.717) is 6.54 Å². The lowest BCUT2D eigenvalue weighted by molar-refractivity contribution is -0.931. The number of nitrogens with zero attached hydrogens (tertiary/aromatic N) is 4. The zero-order valence-corrected chi connectivity index (χ0v) is 17.4. The van der Waals surface area contributed by atoms with Crippen molar-refractivity contribution in [2.24, 2.45) is 0 Å². The molecule has 4 heterocycles. The number of H-pyrrole nitrogens is 1. The van der Waals surface area contributed by atoms with Crippen molar-refractivity contribution in [2.75, 3.05) is 19.7 Å². The van der Waals surface area contributed by atoms with Gasteiger partial charge in [-0.15, -0.1) is 5.10 Å². The lowest BCUT2D eigenvalue weighted by Crippen LogP contribution is -3.13. The standard InChI is InChI=1S/C22H28N6O2/c1-15-7-8-16-13-18(22(29)23-19(16)12-15)20(27-9-3-2-4-10-27)21-24-25-26-28(21)14-17-6-5-11-30-17/h7-8,12-13,17,20H,2-6,9-11,14H2,1H3,(H,23,29)/p+1/t17-,20+/m0/s1. The van der Waals surface area contributed by atoms with Crippen LogP contribution in [0.1, 0.15) is 55.1 Å². The monoisotopic (exact) mass is 409 g/mol. The van der Waals surface area contributed by atoms with Crippen molar-refractivity contribution in [1.82, 2.24) is 25.2 Å². The van der Waals surface area contributed by atoms with E-state index in [1.54, 1.807) is 0 Å². The molecule has 3 aromatic rings. The van der Waals surface area contributed by atoms with E-state index in [2.05, 4.69) is 32.6 Å². The van der Waals surface area contributed by atoms with Crippen molar-refractivity contribution in [1.29, 1.82) is 0 Å². The fraction of sp³-hybridized carbons (Fsp3) is 0.545. The maximum absolute atomic E-state index is 13.2. The number of pyridine rings is 1. The average Bonchev–Trinajstić information content (AvgIpc) is 3.42. The molecule has 2 aliphatic heterocycles. The van der Waals surface area contributed by atoms with Gasteiger partial charge in [-0.05, 0) is 72.5 Å². The maximum Gasteiger partial charge on any atom is 0.258 e. The van der Waals surface area contributed by atoms with Gasteiger partial charge in [0.2, 0.25) is 5.82 Å². The molecule has 2 N–H and O–H groups in total. The van der Waals surface area contributed by atoms with E-state index in [0.717, 1.165) is 73.2 Å². The molecule has 158 valence electrons. The van der Waals surface area contributed by atoms with Crippen molar-refractivity contribution in [3.63, 3.8) is 0 Å². The number of piperidine rings is 1. The van der Waals surface area contributed by atoms with Crippen molar-refractivity contribution in [3.8, 4) is 0 Å². The molecule has 2 saturated heterocycles. The van der Waals surface area contributed by atoms with E-state index in [4.69, 9.17) is 4.74 Å². The molecule has 0 unspecified atom stereocenters. The van der Waals surface area contributed by atoms with Gasteiger partial charge in [-0.2, -0.15) is 0 Å². The summed E-state index contributed by atoms with van der Waals surface area (Å²) in [7, 11) is 0. The first-order valence-electron chi connectivity index (χ1n) is 11.0. The third-order valence-electron chi connectivity index (χ3n) is 6.46. The highest BCUT2D eigenvalue weighted by Crippen LogP contribution is 2.21. The molecule has 2 atom stereocenters. The van der Waals surface area contributed by atoms with Crippen molar-refractivity contribution in [2.45, 2.75) is 57.7 Å². The number of ether oxygens (including phenoxy) is 1. The predicted octanol–water partition coefficient (Wildman–Crippen LogP) is 1.16. The lowest BCUT2D eigenvalue weighted by atomic mass is 10.00. The van der Waals surface area contributed by atoms with Crippen LogP contribution in [0.5, 0.6) is 0 Å². The van der Waals surface area contributed by atoms with E-state index in [1.165, 1.54) is 11.3 Å². The topological polar surface area (TPSA) is 90.1 Å². The number of rotatable bonds is 5. The first kappa shape index (κ1) is 19.4. The number of aromatic nitrogens is 5. The van der Waals surface area contributed by atoms with Gasteiger partial charge in [0.15, 0.2) is 6.04 Å². The van der Waals surface area contributed by atoms with Gasteiger partial charge in [0.25, 0.3) is 5.56 Å². The van der Waals surface area contributed by atoms with Crippen LogP contribution in [-0.2, 0) is 11.3 Å². The Bertz CT molecular complexity index is 1080. The molecule has 0 aliphatic carbocycles. The molecular formula is C22H29N6O2+. The number of benzene rings is 1. The van der Waals surface area contributed by atoms with Crippen molar-refractivity contribution < 1.29 is 9.64 Å². The van der Waals surface area contributed by atoms with Crippen LogP contribution in [0.25, 0.3) is 10.9 Å². The summed E-state index contributed by atoms with van der Waals surface area (Å²) in [5.74, 6) is 0.763. The summed E-state index contributed by atoms with van der Waals surface area (Å²) in [5.41, 5.74) is 2.69. The minimum Gasteiger partial charge on any atom is -0.376 e. The van der Waals surface area contributed by atoms with Crippen LogP contribution in [0, 0.1) is 6.92 Å². The summed E-state index contributed by atoms with van der Waals surface area (Å²) in [6.07, 6.45) is 5.79. The number of aromatic amines is 1. The molecule has 30 heavy (non-hydrogen) atoms. The number of hydrogen-bond donors (Lipinski definition) is 2. The zero-order valence-electron chi connectivity index (χ0n) is 17.4. The maximum atomic E-state index is 13.2. The first-order chi connectivity index (χ1) is 14.7. The van der Waals surface area contributed by atoms with Gasteiger partial charge in [-0.1, -0.05) is 12.1 Å². The number of aryl methyl sites for hydroxylation is 1. The Morgan fingerprint density at radius 3 is 2.90 bits per heavy atom. The second-order valence-electron chi connectivity index (χ2n) is 8.65. The molecule has 0 amide bonds. The van der Waals surface area contributed by atoms with Crippen LogP contribution >= 0.6 is 0 Å². The Morgan fingerprint density at radius 1 is 1.23 bits per heavy atom. The van der Waals surface area contributed by atoms with Crippen LogP contribution < -0.4 is 10.5 Å². The summed E-state index contributed by atoms with van der Waals surface area (Å²) < 4.78 is 7.68. The Kier molecular flexibility index (Phi) is 5.35. The molecule has 1 aromatic carbocycles. The number of quaternary nitrogens is 1. The molecule has 8 nitrogen and oxygen atoms in total. The normalized spacial score (nSPS) is 21.3. The smallest absolute Gasteiger partial charge is 0.258 e. The molecule has 8 heteroatoms. The molecule has 2 aromatic heterocycles. The Morgan fingerprint density at radius 2 is 2.10 bits per heavy atom. The molecule has 5 rings (SSSR count). The van der Waals surface area contributed by atoms with Gasteiger partial charge in [0, 0.05) is 12.1 Å². The minimum absolute atomic E-state index is 0.0529. The van der Waals surface area contributed by atoms with Crippen molar-refractivity contribution >= 4 is 10.9 Å². The number of nitrogens with one attached hydrogen (secondary N) is 2. The summed E-state index contributed by atoms with van der Waals surface area (Å²) in [6, 6.07) is 8.02. The molecule has 2 fully saturated rings. The molecule has 0 saturated carbocycles. The van der Waals surface area contributed by atoms with E-state index in [9.17, 15) is 4.79 Å². The molecule has 0 bridgehead atoms. The van der Waals surface area contributed by atoms with Crippen LogP contribution in [0.15, 0.2) is 29.1 Å². The van der Waals surface area contributed by atoms with Gasteiger partial charge in [-0.3, -0.25) is 4.79 Å². The highest BCUT2D eigenvalue weighted by Gasteiger charge is 2.35. The molecular weight excluding hydrogens is 380 g/mol. The fourth-order valence-corrected chi connectivity index (χ4v) is 4.91. The van der Waals surface area contributed by atoms with E-state index >= 15 is 0 Å². The van der Waals surface area contributed by atoms with Gasteiger partial charge >= 0.3 is 0 Å². The highest BCUT2D eigenvalue weighted by atomic mass is 16.5. The van der Waals surface area contributed by atoms with Gasteiger partial charge < -0.3 is 14.6 Å². The fourth-order valence-electron chi connectivity index (χ4n) is 4.91. The molecule has 0 radical (unpaired) electrons. The lowest BCUT2D eigenvalue weighted by Gasteiger charge is -2.30. The SMILES string of the molecule is Cc1ccc2cc([C@H](c3nnnn3C[C@@H]3CCCO3)[NH+]3CCCCC3)c(=O)[nH]c2c1. The summed E-state index contributed by atoms with van der Waals surface area (Å²) in [4.78, 5) is 17.7. The number of fused-ring (bicyclic) bond motifs is 1. The summed E-state index contributed by atoms with van der Waals surface area (Å²) >= 11 is 0. The van der Waals surface area contributed by atoms with Gasteiger partial charge in [0.1, 0.15) is 0 Å².